The second-order valence-corrected chi connectivity index (χ2v) is 6.57. The fraction of sp³-hybridized carbons (Fsp3) is 0. The molecule has 1 aliphatic carbocycles. The molecule has 0 saturated heterocycles. The van der Waals surface area contributed by atoms with E-state index < -0.39 is 32.4 Å². The van der Waals surface area contributed by atoms with Gasteiger partial charge in [-0.05, 0) is 18.2 Å². The number of Topliss-reactive ketones (excluding diaryl/α,β-unsaturated/α-hetero) is 1. The Morgan fingerprint density at radius 2 is 1.69 bits per heavy atom. The van der Waals surface area contributed by atoms with Gasteiger partial charge in [-0.1, -0.05) is 29.8 Å². The predicted molar refractivity (Wildman–Crippen MR) is 97.3 cm³/mol. The first-order valence-electron chi connectivity index (χ1n) is 7.12. The molecule has 0 spiro atoms. The Morgan fingerprint density at radius 1 is 1.10 bits per heavy atom. The second-order valence-electron chi connectivity index (χ2n) is 5.05. The molecule has 1 aliphatic rings. The third-order valence-electron chi connectivity index (χ3n) is 3.34. The molecule has 2 aromatic rings. The van der Waals surface area contributed by atoms with Gasteiger partial charge < -0.3 is 15.1 Å². The number of allylic oxidation sites excluding steroid dienone is 1. The van der Waals surface area contributed by atoms with Crippen molar-refractivity contribution in [2.24, 2.45) is 5.10 Å². The van der Waals surface area contributed by atoms with Gasteiger partial charge in [-0.3, -0.25) is 5.43 Å². The van der Waals surface area contributed by atoms with E-state index in [4.69, 9.17) is 14.2 Å². The molecule has 0 atom stereocenters. The maximum atomic E-state index is 12.5. The summed E-state index contributed by atoms with van der Waals surface area (Å²) in [5.74, 6) is -0.511. The van der Waals surface area contributed by atoms with Gasteiger partial charge in [0.25, 0.3) is 0 Å². The van der Waals surface area contributed by atoms with E-state index in [-0.39, 0.29) is 81.6 Å². The Kier molecular flexibility index (Phi) is 12.0. The number of benzene rings is 2. The fourth-order valence-corrected chi connectivity index (χ4v) is 2.77. The molecule has 3 rings (SSSR count). The molecule has 0 bridgehead atoms. The third kappa shape index (κ3) is 7.55. The van der Waals surface area contributed by atoms with Crippen molar-refractivity contribution < 1.29 is 85.3 Å². The van der Waals surface area contributed by atoms with Crippen molar-refractivity contribution in [2.75, 3.05) is 11.2 Å². The number of anilines is 2. The van der Waals surface area contributed by atoms with Crippen LogP contribution in [-0.4, -0.2) is 32.9 Å². The summed E-state index contributed by atoms with van der Waals surface area (Å²) >= 11 is -0.750. The summed E-state index contributed by atoms with van der Waals surface area (Å²) in [4.78, 5) is 12.0. The number of nitrogens with one attached hydrogen (secondary N) is 1. The van der Waals surface area contributed by atoms with Crippen LogP contribution >= 0.6 is 0 Å². The van der Waals surface area contributed by atoms with Gasteiger partial charge in [0, 0.05) is 16.3 Å². The Bertz CT molecular complexity index is 1080. The first-order valence-corrected chi connectivity index (χ1v) is 9.20. The van der Waals surface area contributed by atoms with Crippen LogP contribution in [0.15, 0.2) is 52.5 Å². The summed E-state index contributed by atoms with van der Waals surface area (Å²) in [6.07, 6.45) is 4.03. The number of ketones is 1. The summed E-state index contributed by atoms with van der Waals surface area (Å²) in [5, 5.41) is 3.98. The van der Waals surface area contributed by atoms with Gasteiger partial charge >= 0.3 is 70.7 Å². The van der Waals surface area contributed by atoms with Crippen molar-refractivity contribution in [1.29, 1.82) is 0 Å². The molecule has 0 fully saturated rings. The molecule has 0 saturated carbocycles. The average Bonchev–Trinajstić information content (AvgIpc) is 2.61. The smallest absolute Gasteiger partial charge is 0.744 e. The zero-order chi connectivity index (χ0) is 20.0. The molecule has 3 N–H and O–H groups in total. The van der Waals surface area contributed by atoms with Gasteiger partial charge in [-0.2, -0.15) is 25.7 Å². The van der Waals surface area contributed by atoms with Crippen molar-refractivity contribution in [2.45, 2.75) is 4.90 Å². The van der Waals surface area contributed by atoms with E-state index in [0.29, 0.717) is 5.69 Å². The molecule has 29 heavy (non-hydrogen) atoms. The van der Waals surface area contributed by atoms with Crippen molar-refractivity contribution >= 4 is 50.6 Å². The molecule has 0 heterocycles. The summed E-state index contributed by atoms with van der Waals surface area (Å²) < 4.78 is 49.9. The zero-order valence-corrected chi connectivity index (χ0v) is 21.0. The number of hydrogen-bond donors (Lipinski definition) is 2. The van der Waals surface area contributed by atoms with Crippen LogP contribution in [0.4, 0.5) is 11.4 Å². The number of carbonyl (C=O) groups is 1. The van der Waals surface area contributed by atoms with E-state index in [1.165, 1.54) is 6.08 Å². The normalized spacial score (nSPS) is 13.1. The van der Waals surface area contributed by atoms with Gasteiger partial charge in [0.1, 0.15) is 15.9 Å². The number of nitrogen functional groups attached to an aromatic ring is 1. The summed E-state index contributed by atoms with van der Waals surface area (Å²) in [5.41, 5.74) is 9.37. The molecular weight excluding hydrogens is 440 g/mol. The largest absolute Gasteiger partial charge is 1.00 e. The van der Waals surface area contributed by atoms with E-state index in [2.05, 4.69) is 16.6 Å². The topological polar surface area (TPSA) is 159 Å². The molecule has 13 heteroatoms. The first-order chi connectivity index (χ1) is 12.8. The zero-order valence-electron chi connectivity index (χ0n) is 15.4. The van der Waals surface area contributed by atoms with Crippen molar-refractivity contribution in [3.63, 3.8) is 0 Å². The van der Waals surface area contributed by atoms with Crippen molar-refractivity contribution in [3.05, 3.63) is 59.7 Å². The number of carbonyl (C=O) groups excluding carboxylic acids is 1. The van der Waals surface area contributed by atoms with Gasteiger partial charge in [0.05, 0.1) is 5.69 Å². The van der Waals surface area contributed by atoms with E-state index in [0.717, 1.165) is 12.1 Å². The van der Waals surface area contributed by atoms with Crippen LogP contribution in [0.5, 0.6) is 0 Å². The number of para-hydroxylation sites is 1. The van der Waals surface area contributed by atoms with Crippen LogP contribution in [-0.2, 0) is 21.7 Å². The fourth-order valence-electron chi connectivity index (χ4n) is 2.23. The summed E-state index contributed by atoms with van der Waals surface area (Å²) in [6.45, 7) is 0. The van der Waals surface area contributed by atoms with Crippen LogP contribution in [0.25, 0.3) is 6.08 Å². The minimum absolute atomic E-state index is 0. The van der Waals surface area contributed by atoms with Gasteiger partial charge in [-0.25, -0.2) is 8.42 Å². The minimum Gasteiger partial charge on any atom is -0.744 e. The Morgan fingerprint density at radius 3 is 2.24 bits per heavy atom. The molecule has 2 aromatic carbocycles. The summed E-state index contributed by atoms with van der Waals surface area (Å²) in [7, 11) is -4.67. The van der Waals surface area contributed by atoms with Crippen LogP contribution in [0.2, 0.25) is 0 Å². The number of nitrogens with zero attached hydrogens (tertiary/aromatic N) is 1. The molecule has 9 nitrogen and oxygen atoms in total. The maximum Gasteiger partial charge on any atom is 1.00 e. The summed E-state index contributed by atoms with van der Waals surface area (Å²) in [6, 6.07) is 11.1. The van der Waals surface area contributed by atoms with Crippen molar-refractivity contribution in [1.82, 2.24) is 0 Å². The number of fused-ring (bicyclic) bond motifs is 1. The van der Waals surface area contributed by atoms with E-state index in [9.17, 15) is 17.8 Å². The monoisotopic (exact) mass is 451 g/mol. The molecule has 0 radical (unpaired) electrons. The van der Waals surface area contributed by atoms with Gasteiger partial charge in [0.2, 0.25) is 0 Å². The van der Waals surface area contributed by atoms with Gasteiger partial charge in [-0.15, -0.1) is 5.56 Å². The molecule has 0 unspecified atom stereocenters. The molecular formula is C16H11N3Na2O6S2. The van der Waals surface area contributed by atoms with E-state index in [1.807, 2.05) is 18.2 Å². The van der Waals surface area contributed by atoms with E-state index in [1.54, 1.807) is 12.1 Å². The molecule has 0 amide bonds. The number of hydrogen-bond acceptors (Lipinski definition) is 9. The maximum absolute atomic E-state index is 12.5. The van der Waals surface area contributed by atoms with E-state index >= 15 is 0 Å². The third-order valence-corrected chi connectivity index (χ3v) is 4.15. The SMILES string of the molecule is Nc1cc(S(=O)(=O)[O-])cc2c1C(=O)/C(=N\Nc1ccccc1)[C-]=C2.O=S=O.[Na+].[Na+]. The van der Waals surface area contributed by atoms with Crippen LogP contribution < -0.4 is 70.3 Å². The first kappa shape index (κ1) is 27.8. The second kappa shape index (κ2) is 12.5. The molecule has 0 aromatic heterocycles. The van der Waals surface area contributed by atoms with Crippen LogP contribution in [0, 0.1) is 6.08 Å². The van der Waals surface area contributed by atoms with Crippen LogP contribution in [0.3, 0.4) is 0 Å². The molecule has 140 valence electrons. The standard InChI is InChI=1S/C16H12N3O4S.2Na.O2S/c17-13-9-12(24(21,22)23)8-10-6-7-14(16(20)15(10)13)19-18-11-4-2-1-3-5-11;;;1-3-2/h1-6,8-9,18H,17H2,(H,21,22,23);;;/q-1;2*+1;/p-1/b19-14-;;;. The number of hydrazone groups is 1. The predicted octanol–water partition coefficient (Wildman–Crippen LogP) is -5.01. The van der Waals surface area contributed by atoms with Crippen LogP contribution in [0.1, 0.15) is 15.9 Å². The number of rotatable bonds is 3. The average molecular weight is 451 g/mol. The Balaban J connectivity index is 0.00000148. The van der Waals surface area contributed by atoms with Gasteiger partial charge in [0.15, 0.2) is 0 Å². The Hall–Kier alpha value is -1.15. The van der Waals surface area contributed by atoms with Crippen molar-refractivity contribution in [3.8, 4) is 0 Å². The Labute approximate surface area is 214 Å². The quantitative estimate of drug-likeness (QED) is 0.154. The minimum atomic E-state index is -4.67. The number of nitrogens with two attached hydrogens (primary N) is 1. The molecule has 0 aliphatic heterocycles.